The van der Waals surface area contributed by atoms with Gasteiger partial charge < -0.3 is 10.0 Å². The molecule has 3 unspecified atom stereocenters. The summed E-state index contributed by atoms with van der Waals surface area (Å²) in [7, 11) is 0. The van der Waals surface area contributed by atoms with Crippen LogP contribution < -0.4 is 4.90 Å². The van der Waals surface area contributed by atoms with Crippen LogP contribution in [0.1, 0.15) is 64.3 Å². The van der Waals surface area contributed by atoms with Crippen molar-refractivity contribution in [3.63, 3.8) is 0 Å². The largest absolute Gasteiger partial charge is 0.389 e. The quantitative estimate of drug-likeness (QED) is 0.469. The molecule has 3 aromatic rings. The van der Waals surface area contributed by atoms with Gasteiger partial charge in [0.2, 0.25) is 0 Å². The molecule has 0 bridgehead atoms. The second kappa shape index (κ2) is 9.75. The number of halogens is 2. The summed E-state index contributed by atoms with van der Waals surface area (Å²) >= 11 is 12.6. The summed E-state index contributed by atoms with van der Waals surface area (Å²) in [6, 6.07) is 6.14. The predicted molar refractivity (Wildman–Crippen MR) is 146 cm³/mol. The number of hydrogen-bond donors (Lipinski definition) is 1. The molecule has 1 N–H and O–H groups in total. The van der Waals surface area contributed by atoms with Crippen LogP contribution in [0.3, 0.4) is 0 Å². The zero-order valence-corrected chi connectivity index (χ0v) is 23.3. The van der Waals surface area contributed by atoms with Crippen molar-refractivity contribution in [3.8, 4) is 0 Å². The Morgan fingerprint density at radius 1 is 1.17 bits per heavy atom. The van der Waals surface area contributed by atoms with Gasteiger partial charge in [0.25, 0.3) is 0 Å². The standard InChI is InChI=1S/C27H36Cl2N6O/c1-16-15-33(12-10-22(16)34-11-6-7-23(34)27(4,5)36)24-14-30-25-17(2)32-35(26(25)31-24)18(3)20-9-8-19(28)13-21(20)29/h8-9,13-14,16,18,22-23,36H,6-7,10-12,15H2,1-5H3/t16-,18?,22?,23?/m1/s1. The molecule has 2 fully saturated rings. The number of fused-ring (bicyclic) bond motifs is 1. The Hall–Kier alpha value is -1.93. The second-order valence-corrected chi connectivity index (χ2v) is 11.9. The van der Waals surface area contributed by atoms with Gasteiger partial charge in [0, 0.05) is 35.2 Å². The number of likely N-dealkylation sites (tertiary alicyclic amines) is 1. The lowest BCUT2D eigenvalue weighted by Crippen LogP contribution is -2.56. The maximum Gasteiger partial charge on any atom is 0.179 e. The molecular formula is C27H36Cl2N6O. The van der Waals surface area contributed by atoms with Crippen molar-refractivity contribution in [1.82, 2.24) is 24.6 Å². The molecule has 2 aliphatic heterocycles. The van der Waals surface area contributed by atoms with Gasteiger partial charge in [0.15, 0.2) is 5.65 Å². The van der Waals surface area contributed by atoms with Crippen LogP contribution in [-0.4, -0.2) is 67.1 Å². The Kier molecular flexibility index (Phi) is 6.96. The minimum absolute atomic E-state index is 0.117. The van der Waals surface area contributed by atoms with E-state index >= 15 is 0 Å². The fourth-order valence-corrected chi connectivity index (χ4v) is 6.78. The zero-order chi connectivity index (χ0) is 25.8. The highest BCUT2D eigenvalue weighted by Gasteiger charge is 2.42. The van der Waals surface area contributed by atoms with Gasteiger partial charge in [0.05, 0.1) is 23.5 Å². The van der Waals surface area contributed by atoms with Crippen molar-refractivity contribution < 1.29 is 5.11 Å². The Morgan fingerprint density at radius 3 is 2.64 bits per heavy atom. The summed E-state index contributed by atoms with van der Waals surface area (Å²) in [6.07, 6.45) is 5.15. The number of aryl methyl sites for hydroxylation is 1. The second-order valence-electron chi connectivity index (χ2n) is 11.1. The van der Waals surface area contributed by atoms with Crippen LogP contribution in [0.25, 0.3) is 11.2 Å². The number of benzene rings is 1. The van der Waals surface area contributed by atoms with E-state index in [4.69, 9.17) is 38.3 Å². The number of rotatable bonds is 5. The Balaban J connectivity index is 1.40. The Labute approximate surface area is 223 Å². The Bertz CT molecular complexity index is 1260. The van der Waals surface area contributed by atoms with E-state index in [-0.39, 0.29) is 12.1 Å². The molecule has 194 valence electrons. The van der Waals surface area contributed by atoms with Crippen LogP contribution in [0.2, 0.25) is 10.0 Å². The first kappa shape index (κ1) is 25.7. The molecule has 9 heteroatoms. The number of nitrogens with zero attached hydrogens (tertiary/aromatic N) is 6. The molecule has 5 rings (SSSR count). The third kappa shape index (κ3) is 4.71. The van der Waals surface area contributed by atoms with Gasteiger partial charge in [-0.1, -0.05) is 36.2 Å². The monoisotopic (exact) mass is 530 g/mol. The molecule has 4 atom stereocenters. The minimum Gasteiger partial charge on any atom is -0.389 e. The first-order valence-electron chi connectivity index (χ1n) is 12.9. The fourth-order valence-electron chi connectivity index (χ4n) is 6.21. The van der Waals surface area contributed by atoms with Crippen molar-refractivity contribution >= 4 is 40.2 Å². The highest BCUT2D eigenvalue weighted by atomic mass is 35.5. The smallest absolute Gasteiger partial charge is 0.179 e. The molecule has 2 aromatic heterocycles. The molecule has 2 aliphatic rings. The summed E-state index contributed by atoms with van der Waals surface area (Å²) in [5.74, 6) is 1.33. The number of aromatic nitrogens is 4. The molecule has 0 radical (unpaired) electrons. The summed E-state index contributed by atoms with van der Waals surface area (Å²) in [6.45, 7) is 13.1. The van der Waals surface area contributed by atoms with Crippen LogP contribution in [0.5, 0.6) is 0 Å². The summed E-state index contributed by atoms with van der Waals surface area (Å²) in [5, 5.41) is 16.7. The number of hydrogen-bond acceptors (Lipinski definition) is 6. The summed E-state index contributed by atoms with van der Waals surface area (Å²) < 4.78 is 1.92. The van der Waals surface area contributed by atoms with E-state index in [0.29, 0.717) is 22.0 Å². The van der Waals surface area contributed by atoms with Gasteiger partial charge >= 0.3 is 0 Å². The van der Waals surface area contributed by atoms with Crippen LogP contribution >= 0.6 is 23.2 Å². The van der Waals surface area contributed by atoms with Gasteiger partial charge in [-0.3, -0.25) is 4.90 Å². The normalized spacial score (nSPS) is 24.6. The molecule has 2 saturated heterocycles. The number of aliphatic hydroxyl groups is 1. The predicted octanol–water partition coefficient (Wildman–Crippen LogP) is 5.50. The molecule has 7 nitrogen and oxygen atoms in total. The first-order valence-corrected chi connectivity index (χ1v) is 13.7. The molecular weight excluding hydrogens is 495 g/mol. The molecule has 0 saturated carbocycles. The van der Waals surface area contributed by atoms with Crippen molar-refractivity contribution in [2.45, 2.75) is 77.6 Å². The van der Waals surface area contributed by atoms with E-state index in [1.807, 2.05) is 43.8 Å². The van der Waals surface area contributed by atoms with Crippen LogP contribution in [0, 0.1) is 12.8 Å². The van der Waals surface area contributed by atoms with Crippen molar-refractivity contribution in [2.24, 2.45) is 5.92 Å². The van der Waals surface area contributed by atoms with E-state index < -0.39 is 5.60 Å². The number of piperidine rings is 1. The lowest BCUT2D eigenvalue weighted by Gasteiger charge is -2.46. The minimum atomic E-state index is -0.677. The van der Waals surface area contributed by atoms with Gasteiger partial charge in [-0.05, 0) is 77.1 Å². The lowest BCUT2D eigenvalue weighted by molar-refractivity contribution is -0.0284. The van der Waals surface area contributed by atoms with E-state index in [1.165, 1.54) is 0 Å². The van der Waals surface area contributed by atoms with E-state index in [0.717, 1.165) is 67.1 Å². The first-order chi connectivity index (χ1) is 17.0. The van der Waals surface area contributed by atoms with Crippen molar-refractivity contribution in [2.75, 3.05) is 24.5 Å². The molecule has 1 aromatic carbocycles. The van der Waals surface area contributed by atoms with Crippen molar-refractivity contribution in [1.29, 1.82) is 0 Å². The Morgan fingerprint density at radius 2 is 1.94 bits per heavy atom. The van der Waals surface area contributed by atoms with Crippen LogP contribution in [-0.2, 0) is 0 Å². The van der Waals surface area contributed by atoms with Gasteiger partial charge in [0.1, 0.15) is 11.3 Å². The molecule has 36 heavy (non-hydrogen) atoms. The molecule has 4 heterocycles. The summed E-state index contributed by atoms with van der Waals surface area (Å²) in [4.78, 5) is 14.7. The van der Waals surface area contributed by atoms with E-state index in [9.17, 15) is 5.11 Å². The van der Waals surface area contributed by atoms with Gasteiger partial charge in [-0.15, -0.1) is 0 Å². The van der Waals surface area contributed by atoms with E-state index in [1.54, 1.807) is 6.07 Å². The average molecular weight is 532 g/mol. The van der Waals surface area contributed by atoms with Crippen LogP contribution in [0.4, 0.5) is 5.82 Å². The van der Waals surface area contributed by atoms with Gasteiger partial charge in [-0.2, -0.15) is 5.10 Å². The average Bonchev–Trinajstić information content (AvgIpc) is 3.43. The fraction of sp³-hybridized carbons (Fsp3) is 0.593. The van der Waals surface area contributed by atoms with E-state index in [2.05, 4.69) is 23.6 Å². The van der Waals surface area contributed by atoms with Crippen LogP contribution in [0.15, 0.2) is 24.4 Å². The maximum absolute atomic E-state index is 10.7. The third-order valence-electron chi connectivity index (χ3n) is 8.06. The number of anilines is 1. The summed E-state index contributed by atoms with van der Waals surface area (Å²) in [5.41, 5.74) is 2.69. The van der Waals surface area contributed by atoms with Gasteiger partial charge in [-0.25, -0.2) is 14.6 Å². The third-order valence-corrected chi connectivity index (χ3v) is 8.62. The van der Waals surface area contributed by atoms with Crippen molar-refractivity contribution in [3.05, 3.63) is 45.7 Å². The topological polar surface area (TPSA) is 70.3 Å². The molecule has 0 aliphatic carbocycles. The molecule has 0 amide bonds. The lowest BCUT2D eigenvalue weighted by atomic mass is 9.89. The zero-order valence-electron chi connectivity index (χ0n) is 21.7. The highest BCUT2D eigenvalue weighted by molar-refractivity contribution is 6.35. The highest BCUT2D eigenvalue weighted by Crippen LogP contribution is 2.35. The SMILES string of the molecule is Cc1nn(C(C)c2ccc(Cl)cc2Cl)c2nc(N3CCC(N4CCCC4C(C)(C)O)[C@H](C)C3)cnc12. The molecule has 0 spiro atoms. The maximum atomic E-state index is 10.7.